The first-order chi connectivity index (χ1) is 19.0. The number of thiazole rings is 1. The maximum Gasteiger partial charge on any atom is 0.186 e. The molecule has 220 valence electrons. The van der Waals surface area contributed by atoms with Gasteiger partial charge in [0.25, 0.3) is 0 Å². The lowest BCUT2D eigenvalue weighted by molar-refractivity contribution is -0.116. The quantitative estimate of drug-likeness (QED) is 0.210. The summed E-state index contributed by atoms with van der Waals surface area (Å²) in [7, 11) is -1.05. The molecule has 1 aromatic heterocycles. The Morgan fingerprint density at radius 1 is 1.02 bits per heavy atom. The van der Waals surface area contributed by atoms with Gasteiger partial charge in [-0.3, -0.25) is 9.93 Å². The molecule has 0 amide bonds. The second-order valence-corrected chi connectivity index (χ2v) is 14.7. The van der Waals surface area contributed by atoms with Crippen LogP contribution < -0.4 is 9.88 Å². The van der Waals surface area contributed by atoms with E-state index in [0.29, 0.717) is 23.1 Å². The fourth-order valence-corrected chi connectivity index (χ4v) is 6.31. The predicted molar refractivity (Wildman–Crippen MR) is 174 cm³/mol. The summed E-state index contributed by atoms with van der Waals surface area (Å²) in [6.07, 6.45) is 1.98. The van der Waals surface area contributed by atoms with Gasteiger partial charge in [-0.2, -0.15) is 0 Å². The number of carbonyl (C=O) groups is 1. The van der Waals surface area contributed by atoms with Crippen molar-refractivity contribution < 1.29 is 18.8 Å². The number of hydrogen-bond acceptors (Lipinski definition) is 6. The van der Waals surface area contributed by atoms with Gasteiger partial charge in [-0.25, -0.2) is 9.19 Å². The highest BCUT2D eigenvalue weighted by molar-refractivity contribution is 7.99. The molecule has 3 aromatic carbocycles. The number of benzene rings is 3. The van der Waals surface area contributed by atoms with Gasteiger partial charge in [0.05, 0.1) is 27.3 Å². The molecule has 1 unspecified atom stereocenters. The van der Waals surface area contributed by atoms with Gasteiger partial charge >= 0.3 is 0 Å². The molecule has 0 saturated carbocycles. The van der Waals surface area contributed by atoms with Crippen molar-refractivity contribution in [2.45, 2.75) is 76.7 Å². The number of aliphatic hydroxyl groups is 1. The van der Waals surface area contributed by atoms with E-state index >= 15 is 0 Å². The highest BCUT2D eigenvalue weighted by Crippen LogP contribution is 2.35. The van der Waals surface area contributed by atoms with Crippen LogP contribution in [0.4, 0.5) is 0 Å². The topological polar surface area (TPSA) is 103 Å². The summed E-state index contributed by atoms with van der Waals surface area (Å²) in [5, 5.41) is 17.2. The minimum Gasteiger partial charge on any atom is -0.497 e. The van der Waals surface area contributed by atoms with Gasteiger partial charge in [0.1, 0.15) is 11.5 Å². The third-order valence-electron chi connectivity index (χ3n) is 6.75. The number of ether oxygens (including phenoxy) is 1. The Morgan fingerprint density at radius 2 is 1.59 bits per heavy atom. The minimum atomic E-state index is -2.75. The lowest BCUT2D eigenvalue weighted by Gasteiger charge is -2.21. The highest BCUT2D eigenvalue weighted by atomic mass is 32.2. The largest absolute Gasteiger partial charge is 0.497 e. The molecule has 3 N–H and O–H groups in total. The monoisotopic (exact) mass is 594 g/mol. The molecule has 6 nitrogen and oxygen atoms in total. The molecule has 0 aliphatic carbocycles. The Morgan fingerprint density at radius 3 is 2.02 bits per heavy atom. The Kier molecular flexibility index (Phi) is 10.2. The first-order valence-corrected chi connectivity index (χ1v) is 16.2. The number of methoxy groups -OCH3 is 1. The van der Waals surface area contributed by atoms with Crippen LogP contribution in [0.25, 0.3) is 21.9 Å². The number of rotatable bonds is 8. The summed E-state index contributed by atoms with van der Waals surface area (Å²) in [6.45, 7) is 13.8. The van der Waals surface area contributed by atoms with E-state index in [1.165, 1.54) is 44.8 Å². The molecule has 0 aliphatic rings. The molecule has 8 heteroatoms. The fraction of sp³-hybridized carbons (Fsp3) is 0.364. The van der Waals surface area contributed by atoms with E-state index in [9.17, 15) is 14.1 Å². The highest BCUT2D eigenvalue weighted by Gasteiger charge is 2.21. The maximum atomic E-state index is 11.9. The zero-order chi connectivity index (χ0) is 30.7. The first kappa shape index (κ1) is 32.5. The molecule has 1 atom stereocenters. The smallest absolute Gasteiger partial charge is 0.186 e. The van der Waals surface area contributed by atoms with Crippen molar-refractivity contribution >= 4 is 43.5 Å². The summed E-state index contributed by atoms with van der Waals surface area (Å²) in [4.78, 5) is 16.4. The molecule has 0 bridgehead atoms. The Bertz CT molecular complexity index is 1620. The number of nitrogens with two attached hydrogens (primary N) is 1. The van der Waals surface area contributed by atoms with E-state index in [1.54, 1.807) is 27.9 Å². The molecule has 0 saturated heterocycles. The Hall–Kier alpha value is -3.04. The van der Waals surface area contributed by atoms with Crippen LogP contribution in [0.2, 0.25) is 0 Å². The standard InChI is InChI=1S/C26H30O2.C7H12N2O2S2/c1-16(2)24-14-22(15-25(17(3)4)26(24)11-18(5)27)20-7-8-21-13-23(28-6)10-9-19(21)12-20;1-7(2,10)5-4-9-6(12-5)13(3,8)11/h7-10,12-17H,11H2,1-6H3;4,10H,3H2,1-2H3,(H2,8,11). The van der Waals surface area contributed by atoms with Crippen LogP contribution in [-0.4, -0.2) is 33.1 Å². The zero-order valence-electron chi connectivity index (χ0n) is 25.3. The molecule has 0 fully saturated rings. The normalized spacial score (nSPS) is 13.2. The van der Waals surface area contributed by atoms with Crippen molar-refractivity contribution in [3.8, 4) is 16.9 Å². The van der Waals surface area contributed by atoms with Crippen LogP contribution >= 0.6 is 11.3 Å². The molecule has 0 radical (unpaired) electrons. The van der Waals surface area contributed by atoms with E-state index in [-0.39, 0.29) is 10.1 Å². The van der Waals surface area contributed by atoms with Gasteiger partial charge in [-0.05, 0) is 95.3 Å². The van der Waals surface area contributed by atoms with Crippen molar-refractivity contribution in [3.05, 3.63) is 76.3 Å². The molecule has 4 aromatic rings. The molecular formula is C33H42N2O4S2. The van der Waals surface area contributed by atoms with Gasteiger partial charge in [0.15, 0.2) is 4.34 Å². The van der Waals surface area contributed by atoms with Crippen molar-refractivity contribution in [1.29, 1.82) is 0 Å². The van der Waals surface area contributed by atoms with E-state index in [2.05, 4.69) is 81.0 Å². The molecule has 4 rings (SSSR count). The molecule has 0 spiro atoms. The van der Waals surface area contributed by atoms with Crippen molar-refractivity contribution in [2.24, 2.45) is 5.14 Å². The number of ketones is 1. The first-order valence-electron chi connectivity index (χ1n) is 13.6. The zero-order valence-corrected chi connectivity index (χ0v) is 26.9. The predicted octanol–water partition coefficient (Wildman–Crippen LogP) is 7.21. The average Bonchev–Trinajstić information content (AvgIpc) is 3.40. The van der Waals surface area contributed by atoms with Gasteiger partial charge in [-0.1, -0.05) is 58.0 Å². The lowest BCUT2D eigenvalue weighted by atomic mass is 9.83. The summed E-state index contributed by atoms with van der Waals surface area (Å²) in [5.41, 5.74) is 5.23. The average molecular weight is 595 g/mol. The summed E-state index contributed by atoms with van der Waals surface area (Å²) in [6, 6.07) is 17.3. The van der Waals surface area contributed by atoms with Crippen LogP contribution in [0, 0.1) is 0 Å². The summed E-state index contributed by atoms with van der Waals surface area (Å²) < 4.78 is 16.9. The van der Waals surface area contributed by atoms with Crippen molar-refractivity contribution in [3.63, 3.8) is 0 Å². The molecular weight excluding hydrogens is 553 g/mol. The third-order valence-corrected chi connectivity index (χ3v) is 9.65. The van der Waals surface area contributed by atoms with E-state index in [1.807, 2.05) is 6.07 Å². The lowest BCUT2D eigenvalue weighted by Crippen LogP contribution is -2.13. The number of carbonyl (C=O) groups excluding carboxylic acids is 1. The van der Waals surface area contributed by atoms with E-state index in [0.717, 1.165) is 17.1 Å². The van der Waals surface area contributed by atoms with Crippen LogP contribution in [0.1, 0.15) is 81.9 Å². The van der Waals surface area contributed by atoms with Crippen LogP contribution in [0.5, 0.6) is 5.75 Å². The molecule has 41 heavy (non-hydrogen) atoms. The molecule has 1 heterocycles. The van der Waals surface area contributed by atoms with E-state index < -0.39 is 15.3 Å². The number of Topliss-reactive ketones (excluding diaryl/α,β-unsaturated/α-hetero) is 1. The Labute approximate surface area is 248 Å². The fourth-order valence-electron chi connectivity index (χ4n) is 4.60. The SMILES string of the molecule is C=S(N)(=O)c1ncc(C(C)(C)O)s1.COc1ccc2cc(-c3cc(C(C)C)c(CC(C)=O)c(C(C)C)c3)ccc2c1. The summed E-state index contributed by atoms with van der Waals surface area (Å²) in [5.74, 6) is 5.14. The van der Waals surface area contributed by atoms with Crippen molar-refractivity contribution in [2.75, 3.05) is 7.11 Å². The minimum absolute atomic E-state index is 0.219. The van der Waals surface area contributed by atoms with Gasteiger partial charge in [0, 0.05) is 12.6 Å². The maximum absolute atomic E-state index is 11.9. The van der Waals surface area contributed by atoms with Crippen LogP contribution in [-0.2, 0) is 26.5 Å². The van der Waals surface area contributed by atoms with Gasteiger partial charge in [-0.15, -0.1) is 11.3 Å². The number of hydrogen-bond donors (Lipinski definition) is 2. The number of nitrogens with zero attached hydrogens (tertiary/aromatic N) is 1. The van der Waals surface area contributed by atoms with Crippen LogP contribution in [0.3, 0.4) is 0 Å². The van der Waals surface area contributed by atoms with Crippen molar-refractivity contribution in [1.82, 2.24) is 4.98 Å². The van der Waals surface area contributed by atoms with Gasteiger partial charge < -0.3 is 9.84 Å². The number of aromatic nitrogens is 1. The van der Waals surface area contributed by atoms with Gasteiger partial charge in [0.2, 0.25) is 0 Å². The van der Waals surface area contributed by atoms with E-state index in [4.69, 9.17) is 9.88 Å². The third kappa shape index (κ3) is 8.26. The number of fused-ring (bicyclic) bond motifs is 1. The summed E-state index contributed by atoms with van der Waals surface area (Å²) >= 11 is 1.12. The van der Waals surface area contributed by atoms with Crippen LogP contribution in [0.15, 0.2) is 59.1 Å². The molecule has 0 aliphatic heterocycles. The second-order valence-electron chi connectivity index (χ2n) is 11.5. The second kappa shape index (κ2) is 12.9. The Balaban J connectivity index is 0.000000298.